The first-order chi connectivity index (χ1) is 11.7. The van der Waals surface area contributed by atoms with Crippen molar-refractivity contribution in [2.75, 3.05) is 26.2 Å². The van der Waals surface area contributed by atoms with Gasteiger partial charge in [0, 0.05) is 19.7 Å². The van der Waals surface area contributed by atoms with E-state index in [1.807, 2.05) is 0 Å². The summed E-state index contributed by atoms with van der Waals surface area (Å²) in [7, 11) is 0. The van der Waals surface area contributed by atoms with Crippen molar-refractivity contribution in [3.8, 4) is 0 Å². The Morgan fingerprint density at radius 3 is 2.08 bits per heavy atom. The lowest BCUT2D eigenvalue weighted by atomic mass is 9.49. The fraction of sp³-hybridized carbons (Fsp3) is 1.00. The Morgan fingerprint density at radius 1 is 0.875 bits per heavy atom. The molecule has 7 fully saturated rings. The van der Waals surface area contributed by atoms with Crippen molar-refractivity contribution in [2.45, 2.75) is 76.7 Å². The van der Waals surface area contributed by atoms with Gasteiger partial charge in [0.25, 0.3) is 0 Å². The number of rotatable bonds is 5. The monoisotopic (exact) mass is 331 g/mol. The van der Waals surface area contributed by atoms with E-state index < -0.39 is 0 Å². The molecule has 2 heteroatoms. The fourth-order valence-electron chi connectivity index (χ4n) is 7.92. The van der Waals surface area contributed by atoms with Crippen LogP contribution in [0.15, 0.2) is 0 Å². The number of fused-ring (bicyclic) bond motifs is 4. The van der Waals surface area contributed by atoms with Gasteiger partial charge in [0.2, 0.25) is 0 Å². The molecule has 5 aliphatic carbocycles. The van der Waals surface area contributed by atoms with Crippen molar-refractivity contribution < 1.29 is 4.74 Å². The van der Waals surface area contributed by atoms with Gasteiger partial charge in [-0.3, -0.25) is 0 Å². The first kappa shape index (κ1) is 16.1. The zero-order valence-corrected chi connectivity index (χ0v) is 15.7. The Bertz CT molecular complexity index is 425. The molecule has 7 aliphatic rings. The van der Waals surface area contributed by atoms with Crippen LogP contribution < -0.4 is 0 Å². The standard InChI is InChI=1S/C22H37NO/c1-2-24-22-11-18-9-19(12-22)21(20(10-18)13-22)7-8-23-14-16-3-4-17(15-23)6-5-16/h16-21H,2-15H2,1H3. The highest BCUT2D eigenvalue weighted by Crippen LogP contribution is 2.60. The maximum absolute atomic E-state index is 6.33. The Labute approximate surface area is 148 Å². The van der Waals surface area contributed by atoms with Crippen molar-refractivity contribution in [2.24, 2.45) is 35.5 Å². The summed E-state index contributed by atoms with van der Waals surface area (Å²) in [4.78, 5) is 2.87. The minimum Gasteiger partial charge on any atom is -0.375 e. The average Bonchev–Trinajstić information content (AvgIpc) is 2.86. The zero-order chi connectivity index (χ0) is 16.1. The van der Waals surface area contributed by atoms with E-state index in [0.29, 0.717) is 5.60 Å². The third kappa shape index (κ3) is 2.86. The van der Waals surface area contributed by atoms with Gasteiger partial charge in [-0.1, -0.05) is 0 Å². The van der Waals surface area contributed by atoms with Gasteiger partial charge in [0.15, 0.2) is 0 Å². The minimum atomic E-state index is 0.309. The first-order valence-electron chi connectivity index (χ1n) is 11.1. The molecule has 0 radical (unpaired) electrons. The molecular weight excluding hydrogens is 294 g/mol. The van der Waals surface area contributed by atoms with Crippen LogP contribution in [0.4, 0.5) is 0 Å². The highest BCUT2D eigenvalue weighted by molar-refractivity contribution is 5.06. The SMILES string of the molecule is CCOC12CC3CC(C1)C(CCN1CC4CCC(CC4)C1)C(C3)C2. The molecule has 2 unspecified atom stereocenters. The van der Waals surface area contributed by atoms with E-state index in [0.717, 1.165) is 42.1 Å². The lowest BCUT2D eigenvalue weighted by Gasteiger charge is -2.60. The van der Waals surface area contributed by atoms with Crippen molar-refractivity contribution >= 4 is 0 Å². The maximum Gasteiger partial charge on any atom is 0.0690 e. The summed E-state index contributed by atoms with van der Waals surface area (Å²) in [5, 5.41) is 0. The molecule has 5 saturated carbocycles. The summed E-state index contributed by atoms with van der Waals surface area (Å²) in [5.41, 5.74) is 0.309. The highest BCUT2D eigenvalue weighted by atomic mass is 16.5. The van der Waals surface area contributed by atoms with Gasteiger partial charge in [0.05, 0.1) is 5.60 Å². The Morgan fingerprint density at radius 2 is 1.50 bits per heavy atom. The second-order valence-electron chi connectivity index (χ2n) is 10.2. The van der Waals surface area contributed by atoms with Crippen LogP contribution in [-0.4, -0.2) is 36.7 Å². The predicted octanol–water partition coefficient (Wildman–Crippen LogP) is 4.73. The van der Waals surface area contributed by atoms with Crippen molar-refractivity contribution in [1.82, 2.24) is 4.90 Å². The Kier molecular flexibility index (Phi) is 4.21. The molecule has 0 aromatic rings. The quantitative estimate of drug-likeness (QED) is 0.722. The third-order valence-electron chi connectivity index (χ3n) is 8.64. The van der Waals surface area contributed by atoms with E-state index in [-0.39, 0.29) is 0 Å². The normalized spacial score (nSPS) is 50.4. The fourth-order valence-corrected chi connectivity index (χ4v) is 7.92. The van der Waals surface area contributed by atoms with Crippen LogP contribution in [0, 0.1) is 35.5 Å². The molecule has 0 aromatic carbocycles. The van der Waals surface area contributed by atoms with Gasteiger partial charge in [-0.2, -0.15) is 0 Å². The van der Waals surface area contributed by atoms with Crippen LogP contribution in [0.3, 0.4) is 0 Å². The van der Waals surface area contributed by atoms with E-state index in [9.17, 15) is 0 Å². The van der Waals surface area contributed by atoms with E-state index in [1.165, 1.54) is 83.8 Å². The van der Waals surface area contributed by atoms with Crippen LogP contribution >= 0.6 is 0 Å². The maximum atomic E-state index is 6.33. The molecule has 136 valence electrons. The van der Waals surface area contributed by atoms with Gasteiger partial charge in [-0.25, -0.2) is 0 Å². The molecule has 7 rings (SSSR count). The van der Waals surface area contributed by atoms with Gasteiger partial charge >= 0.3 is 0 Å². The summed E-state index contributed by atoms with van der Waals surface area (Å²) in [5.74, 6) is 6.07. The molecule has 0 spiro atoms. The molecule has 2 nitrogen and oxygen atoms in total. The lowest BCUT2D eigenvalue weighted by molar-refractivity contribution is -0.182. The number of nitrogens with zero attached hydrogens (tertiary/aromatic N) is 1. The average molecular weight is 332 g/mol. The topological polar surface area (TPSA) is 12.5 Å². The summed E-state index contributed by atoms with van der Waals surface area (Å²) < 4.78 is 6.33. The second-order valence-corrected chi connectivity index (χ2v) is 10.2. The molecule has 2 saturated heterocycles. The zero-order valence-electron chi connectivity index (χ0n) is 15.7. The molecule has 2 aliphatic heterocycles. The van der Waals surface area contributed by atoms with Gasteiger partial charge < -0.3 is 9.64 Å². The molecule has 6 bridgehead atoms. The van der Waals surface area contributed by atoms with E-state index in [1.54, 1.807) is 0 Å². The van der Waals surface area contributed by atoms with Crippen LogP contribution in [0.2, 0.25) is 0 Å². The van der Waals surface area contributed by atoms with Crippen LogP contribution in [-0.2, 0) is 4.74 Å². The Balaban J connectivity index is 1.21. The van der Waals surface area contributed by atoms with Gasteiger partial charge in [-0.15, -0.1) is 0 Å². The van der Waals surface area contributed by atoms with E-state index in [2.05, 4.69) is 11.8 Å². The second kappa shape index (κ2) is 6.27. The molecular formula is C22H37NO. The van der Waals surface area contributed by atoms with Gasteiger partial charge in [0.1, 0.15) is 0 Å². The summed E-state index contributed by atoms with van der Waals surface area (Å²) in [6.07, 6.45) is 14.8. The van der Waals surface area contributed by atoms with Crippen molar-refractivity contribution in [3.63, 3.8) is 0 Å². The molecule has 0 aromatic heterocycles. The molecule has 2 heterocycles. The Hall–Kier alpha value is -0.0800. The summed E-state index contributed by atoms with van der Waals surface area (Å²) in [6.45, 7) is 7.36. The summed E-state index contributed by atoms with van der Waals surface area (Å²) >= 11 is 0. The molecule has 0 N–H and O–H groups in total. The first-order valence-corrected chi connectivity index (χ1v) is 11.1. The number of hydrogen-bond acceptors (Lipinski definition) is 2. The van der Waals surface area contributed by atoms with Crippen molar-refractivity contribution in [1.29, 1.82) is 0 Å². The highest BCUT2D eigenvalue weighted by Gasteiger charge is 2.55. The lowest BCUT2D eigenvalue weighted by Crippen LogP contribution is -2.56. The van der Waals surface area contributed by atoms with Crippen molar-refractivity contribution in [3.05, 3.63) is 0 Å². The van der Waals surface area contributed by atoms with Crippen LogP contribution in [0.1, 0.15) is 71.1 Å². The molecule has 0 amide bonds. The number of ether oxygens (including phenoxy) is 1. The third-order valence-corrected chi connectivity index (χ3v) is 8.64. The minimum absolute atomic E-state index is 0.309. The molecule has 24 heavy (non-hydrogen) atoms. The number of hydrogen-bond donors (Lipinski definition) is 0. The van der Waals surface area contributed by atoms with E-state index in [4.69, 9.17) is 4.74 Å². The largest absolute Gasteiger partial charge is 0.375 e. The smallest absolute Gasteiger partial charge is 0.0690 e. The predicted molar refractivity (Wildman–Crippen MR) is 97.9 cm³/mol. The van der Waals surface area contributed by atoms with E-state index >= 15 is 0 Å². The molecule has 2 atom stereocenters. The van der Waals surface area contributed by atoms with Crippen LogP contribution in [0.25, 0.3) is 0 Å². The van der Waals surface area contributed by atoms with Crippen LogP contribution in [0.5, 0.6) is 0 Å². The summed E-state index contributed by atoms with van der Waals surface area (Å²) in [6, 6.07) is 0. The van der Waals surface area contributed by atoms with Gasteiger partial charge in [-0.05, 0) is 113 Å².